The van der Waals surface area contributed by atoms with Crippen molar-refractivity contribution in [2.45, 2.75) is 24.9 Å². The van der Waals surface area contributed by atoms with Crippen molar-refractivity contribution in [1.82, 2.24) is 4.90 Å². The first-order valence-electron chi connectivity index (χ1n) is 9.61. The number of aliphatic hydroxyl groups is 1. The second-order valence-electron chi connectivity index (χ2n) is 7.48. The lowest BCUT2D eigenvalue weighted by Crippen LogP contribution is -2.36. The highest BCUT2D eigenvalue weighted by molar-refractivity contribution is 14.1. The molecule has 0 bridgehead atoms. The van der Waals surface area contributed by atoms with Crippen molar-refractivity contribution < 1.29 is 31.9 Å². The molecule has 1 unspecified atom stereocenters. The van der Waals surface area contributed by atoms with Gasteiger partial charge in [-0.05, 0) is 36.7 Å². The maximum atomic E-state index is 10.8. The SMILES string of the molecule is COc1ccc2c(c1OI)C(O)O[C@@H]2[C@H]1c2c(cc3c(c2OC)OCO3)CCN1C. The van der Waals surface area contributed by atoms with Gasteiger partial charge in [0.1, 0.15) is 6.10 Å². The van der Waals surface area contributed by atoms with Gasteiger partial charge < -0.3 is 31.9 Å². The average Bonchev–Trinajstić information content (AvgIpc) is 3.35. The lowest BCUT2D eigenvalue weighted by molar-refractivity contribution is -0.142. The van der Waals surface area contributed by atoms with Crippen molar-refractivity contribution in [1.29, 1.82) is 0 Å². The van der Waals surface area contributed by atoms with Crippen molar-refractivity contribution in [2.75, 3.05) is 34.6 Å². The van der Waals surface area contributed by atoms with Gasteiger partial charge in [0, 0.05) is 12.1 Å². The van der Waals surface area contributed by atoms with E-state index in [9.17, 15) is 5.11 Å². The molecule has 5 rings (SSSR count). The Morgan fingerprint density at radius 1 is 1.13 bits per heavy atom. The molecule has 1 N–H and O–H groups in total. The van der Waals surface area contributed by atoms with Gasteiger partial charge in [-0.2, -0.15) is 0 Å². The van der Waals surface area contributed by atoms with Crippen LogP contribution in [0.4, 0.5) is 0 Å². The van der Waals surface area contributed by atoms with Crippen molar-refractivity contribution in [3.8, 4) is 28.7 Å². The first-order valence-corrected chi connectivity index (χ1v) is 10.5. The quantitative estimate of drug-likeness (QED) is 0.607. The van der Waals surface area contributed by atoms with Crippen LogP contribution in [0, 0.1) is 0 Å². The Morgan fingerprint density at radius 2 is 1.97 bits per heavy atom. The van der Waals surface area contributed by atoms with E-state index in [4.69, 9.17) is 26.8 Å². The second kappa shape index (κ2) is 7.63. The number of rotatable bonds is 4. The fraction of sp³-hybridized carbons (Fsp3) is 0.429. The molecule has 8 nitrogen and oxygen atoms in total. The number of benzene rings is 2. The highest BCUT2D eigenvalue weighted by atomic mass is 127. The lowest BCUT2D eigenvalue weighted by Gasteiger charge is -2.39. The number of likely N-dealkylation sites (N-methyl/N-ethyl adjacent to an activating group) is 1. The van der Waals surface area contributed by atoms with E-state index in [1.807, 2.05) is 25.2 Å². The highest BCUT2D eigenvalue weighted by Gasteiger charge is 2.45. The van der Waals surface area contributed by atoms with Gasteiger partial charge in [0.25, 0.3) is 0 Å². The molecule has 3 heterocycles. The minimum Gasteiger partial charge on any atom is -0.493 e. The predicted molar refractivity (Wildman–Crippen MR) is 115 cm³/mol. The summed E-state index contributed by atoms with van der Waals surface area (Å²) in [6.07, 6.45) is -0.699. The van der Waals surface area contributed by atoms with Gasteiger partial charge in [-0.25, -0.2) is 0 Å². The van der Waals surface area contributed by atoms with Crippen LogP contribution in [-0.4, -0.2) is 44.6 Å². The van der Waals surface area contributed by atoms with E-state index in [0.717, 1.165) is 29.7 Å². The second-order valence-corrected chi connectivity index (χ2v) is 7.92. The third kappa shape index (κ3) is 2.83. The van der Waals surface area contributed by atoms with Crippen LogP contribution in [-0.2, 0) is 11.2 Å². The van der Waals surface area contributed by atoms with Crippen LogP contribution in [0.15, 0.2) is 18.2 Å². The summed E-state index contributed by atoms with van der Waals surface area (Å²) in [4.78, 5) is 2.22. The molecular formula is C21H22INO7. The fourth-order valence-electron chi connectivity index (χ4n) is 4.71. The van der Waals surface area contributed by atoms with Crippen molar-refractivity contribution in [2.24, 2.45) is 0 Å². The largest absolute Gasteiger partial charge is 0.493 e. The predicted octanol–water partition coefficient (Wildman–Crippen LogP) is 3.45. The molecule has 0 fully saturated rings. The number of ether oxygens (including phenoxy) is 5. The van der Waals surface area contributed by atoms with E-state index < -0.39 is 12.4 Å². The molecule has 0 saturated heterocycles. The minimum absolute atomic E-state index is 0.173. The van der Waals surface area contributed by atoms with Gasteiger partial charge in [-0.1, -0.05) is 6.07 Å². The standard InChI is InChI=1S/C21H22INO7/c1-23-7-6-10-8-13-19(28-9-27-13)20(26-3)14(10)16(23)17-11-4-5-12(25-2)18(30-22)15(11)21(24)29-17/h4-5,8,16-17,21,24H,6-7,9H2,1-3H3/t16-,17+,21?/m1/s1. The van der Waals surface area contributed by atoms with E-state index in [0.29, 0.717) is 34.3 Å². The van der Waals surface area contributed by atoms with Crippen LogP contribution in [0.5, 0.6) is 28.7 Å². The summed E-state index contributed by atoms with van der Waals surface area (Å²) < 4.78 is 34.1. The fourth-order valence-corrected chi connectivity index (χ4v) is 5.17. The zero-order chi connectivity index (χ0) is 21.0. The summed E-state index contributed by atoms with van der Waals surface area (Å²) in [6, 6.07) is 5.60. The van der Waals surface area contributed by atoms with Crippen molar-refractivity contribution in [3.63, 3.8) is 0 Å². The van der Waals surface area contributed by atoms with E-state index >= 15 is 0 Å². The van der Waals surface area contributed by atoms with Crippen LogP contribution in [0.3, 0.4) is 0 Å². The maximum absolute atomic E-state index is 10.8. The van der Waals surface area contributed by atoms with Gasteiger partial charge in [-0.3, -0.25) is 4.90 Å². The minimum atomic E-state index is -1.12. The van der Waals surface area contributed by atoms with Crippen LogP contribution in [0.2, 0.25) is 0 Å². The number of halogens is 1. The summed E-state index contributed by atoms with van der Waals surface area (Å²) in [5.41, 5.74) is 3.58. The summed E-state index contributed by atoms with van der Waals surface area (Å²) >= 11 is 1.80. The molecule has 9 heteroatoms. The molecule has 0 aromatic heterocycles. The van der Waals surface area contributed by atoms with Gasteiger partial charge >= 0.3 is 0 Å². The van der Waals surface area contributed by atoms with E-state index in [1.165, 1.54) is 0 Å². The van der Waals surface area contributed by atoms with E-state index in [1.54, 1.807) is 37.2 Å². The molecule has 0 amide bonds. The molecule has 30 heavy (non-hydrogen) atoms. The molecule has 3 aliphatic heterocycles. The summed E-state index contributed by atoms with van der Waals surface area (Å²) in [5, 5.41) is 10.8. The number of aliphatic hydroxyl groups excluding tert-OH is 1. The van der Waals surface area contributed by atoms with E-state index in [-0.39, 0.29) is 12.8 Å². The highest BCUT2D eigenvalue weighted by Crippen LogP contribution is 2.57. The number of methoxy groups -OCH3 is 2. The smallest absolute Gasteiger partial charge is 0.231 e. The van der Waals surface area contributed by atoms with Crippen molar-refractivity contribution in [3.05, 3.63) is 40.5 Å². The average molecular weight is 527 g/mol. The molecule has 2 aromatic rings. The number of hydrogen-bond donors (Lipinski definition) is 1. The van der Waals surface area contributed by atoms with Crippen LogP contribution < -0.4 is 22.0 Å². The molecular weight excluding hydrogens is 505 g/mol. The van der Waals surface area contributed by atoms with Gasteiger partial charge in [0.05, 0.1) is 25.8 Å². The Hall–Kier alpha value is -1.95. The number of hydrogen-bond acceptors (Lipinski definition) is 8. The molecule has 0 spiro atoms. The molecule has 2 aromatic carbocycles. The Kier molecular flexibility index (Phi) is 5.08. The Bertz CT molecular complexity index is 998. The summed E-state index contributed by atoms with van der Waals surface area (Å²) in [5.74, 6) is 2.99. The Labute approximate surface area is 188 Å². The van der Waals surface area contributed by atoms with E-state index in [2.05, 4.69) is 4.90 Å². The summed E-state index contributed by atoms with van der Waals surface area (Å²) in [6.45, 7) is 1.00. The van der Waals surface area contributed by atoms with Gasteiger partial charge in [0.2, 0.25) is 12.5 Å². The van der Waals surface area contributed by atoms with Gasteiger partial charge in [0.15, 0.2) is 52.3 Å². The zero-order valence-electron chi connectivity index (χ0n) is 16.8. The number of fused-ring (bicyclic) bond motifs is 3. The first-order chi connectivity index (χ1) is 14.6. The maximum Gasteiger partial charge on any atom is 0.231 e. The Morgan fingerprint density at radius 3 is 2.70 bits per heavy atom. The van der Waals surface area contributed by atoms with Crippen molar-refractivity contribution >= 4 is 23.0 Å². The molecule has 3 aliphatic rings. The van der Waals surface area contributed by atoms with Crippen LogP contribution in [0.1, 0.15) is 40.7 Å². The zero-order valence-corrected chi connectivity index (χ0v) is 19.0. The van der Waals surface area contributed by atoms with Gasteiger partial charge in [-0.15, -0.1) is 0 Å². The topological polar surface area (TPSA) is 78.9 Å². The van der Waals surface area contributed by atoms with Crippen LogP contribution in [0.25, 0.3) is 0 Å². The third-order valence-corrected chi connectivity index (χ3v) is 6.50. The first kappa shape index (κ1) is 20.0. The molecule has 160 valence electrons. The molecule has 0 saturated carbocycles. The molecule has 0 aliphatic carbocycles. The monoisotopic (exact) mass is 527 g/mol. The Balaban J connectivity index is 1.68. The lowest BCUT2D eigenvalue weighted by atomic mass is 9.85. The number of nitrogens with zero attached hydrogens (tertiary/aromatic N) is 1. The molecule has 3 atom stereocenters. The molecule has 0 radical (unpaired) electrons. The summed E-state index contributed by atoms with van der Waals surface area (Å²) in [7, 11) is 5.25. The third-order valence-electron chi connectivity index (χ3n) is 6.06. The normalized spacial score (nSPS) is 24.4. The van der Waals surface area contributed by atoms with Crippen LogP contribution >= 0.6 is 23.0 Å².